The molecule has 1 saturated heterocycles. The summed E-state index contributed by atoms with van der Waals surface area (Å²) in [6.45, 7) is 7.56. The Labute approximate surface area is 127 Å². The van der Waals surface area contributed by atoms with E-state index in [2.05, 4.69) is 41.4 Å². The van der Waals surface area contributed by atoms with E-state index >= 15 is 0 Å². The molecule has 1 aromatic rings. The fourth-order valence-corrected chi connectivity index (χ4v) is 3.38. The first kappa shape index (κ1) is 14.5. The molecular formula is C17H25N3O. The maximum Gasteiger partial charge on any atom is 0.239 e. The molecule has 4 nitrogen and oxygen atoms in total. The van der Waals surface area contributed by atoms with E-state index in [9.17, 15) is 4.79 Å². The molecule has 0 spiro atoms. The maximum atomic E-state index is 12.6. The van der Waals surface area contributed by atoms with Gasteiger partial charge in [-0.05, 0) is 30.9 Å². The number of carbonyl (C=O) groups is 1. The van der Waals surface area contributed by atoms with Crippen LogP contribution in [0.25, 0.3) is 0 Å². The molecule has 0 radical (unpaired) electrons. The SMILES string of the molecule is CC(C(=O)N1CCNCC1)N1CCc2ccccc2CC1. The molecule has 4 heteroatoms. The van der Waals surface area contributed by atoms with Crippen LogP contribution in [0.4, 0.5) is 0 Å². The van der Waals surface area contributed by atoms with Crippen molar-refractivity contribution < 1.29 is 4.79 Å². The van der Waals surface area contributed by atoms with Crippen molar-refractivity contribution >= 4 is 5.91 Å². The van der Waals surface area contributed by atoms with Crippen LogP contribution < -0.4 is 5.32 Å². The van der Waals surface area contributed by atoms with Crippen LogP contribution in [0.2, 0.25) is 0 Å². The van der Waals surface area contributed by atoms with Gasteiger partial charge in [-0.15, -0.1) is 0 Å². The van der Waals surface area contributed by atoms with Gasteiger partial charge in [-0.25, -0.2) is 0 Å². The molecule has 114 valence electrons. The van der Waals surface area contributed by atoms with Gasteiger partial charge in [0.25, 0.3) is 0 Å². The summed E-state index contributed by atoms with van der Waals surface area (Å²) in [6.07, 6.45) is 2.10. The molecule has 1 atom stereocenters. The Bertz CT molecular complexity index is 470. The molecule has 1 N–H and O–H groups in total. The fraction of sp³-hybridized carbons (Fsp3) is 0.588. The highest BCUT2D eigenvalue weighted by Gasteiger charge is 2.27. The summed E-state index contributed by atoms with van der Waals surface area (Å²) in [4.78, 5) is 17.0. The van der Waals surface area contributed by atoms with Gasteiger partial charge in [0.15, 0.2) is 0 Å². The number of piperazine rings is 1. The number of hydrogen-bond donors (Lipinski definition) is 1. The summed E-state index contributed by atoms with van der Waals surface area (Å²) in [5, 5.41) is 3.30. The summed E-state index contributed by atoms with van der Waals surface area (Å²) in [6, 6.07) is 8.68. The van der Waals surface area contributed by atoms with E-state index in [0.717, 1.165) is 52.1 Å². The number of hydrogen-bond acceptors (Lipinski definition) is 3. The molecular weight excluding hydrogens is 262 g/mol. The van der Waals surface area contributed by atoms with Crippen LogP contribution in [0.1, 0.15) is 18.1 Å². The highest BCUT2D eigenvalue weighted by atomic mass is 16.2. The van der Waals surface area contributed by atoms with Gasteiger partial charge in [0.1, 0.15) is 0 Å². The van der Waals surface area contributed by atoms with E-state index in [1.807, 2.05) is 4.90 Å². The lowest BCUT2D eigenvalue weighted by Crippen LogP contribution is -2.53. The zero-order valence-corrected chi connectivity index (χ0v) is 12.8. The van der Waals surface area contributed by atoms with Crippen molar-refractivity contribution in [2.45, 2.75) is 25.8 Å². The van der Waals surface area contributed by atoms with Gasteiger partial charge in [0.05, 0.1) is 6.04 Å². The predicted octanol–water partition coefficient (Wildman–Crippen LogP) is 0.908. The molecule has 2 aliphatic rings. The fourth-order valence-electron chi connectivity index (χ4n) is 3.38. The van der Waals surface area contributed by atoms with Gasteiger partial charge in [0, 0.05) is 39.3 Å². The third kappa shape index (κ3) is 3.27. The van der Waals surface area contributed by atoms with E-state index in [0.29, 0.717) is 5.91 Å². The van der Waals surface area contributed by atoms with E-state index in [4.69, 9.17) is 0 Å². The Hall–Kier alpha value is -1.39. The van der Waals surface area contributed by atoms with Crippen LogP contribution in [-0.2, 0) is 17.6 Å². The Morgan fingerprint density at radius 2 is 1.62 bits per heavy atom. The topological polar surface area (TPSA) is 35.6 Å². The first-order valence-electron chi connectivity index (χ1n) is 8.06. The van der Waals surface area contributed by atoms with Crippen LogP contribution in [0.3, 0.4) is 0 Å². The number of nitrogens with zero attached hydrogens (tertiary/aromatic N) is 2. The van der Waals surface area contributed by atoms with Gasteiger partial charge < -0.3 is 10.2 Å². The number of nitrogens with one attached hydrogen (secondary N) is 1. The quantitative estimate of drug-likeness (QED) is 0.878. The molecule has 0 aromatic heterocycles. The Morgan fingerprint density at radius 1 is 1.05 bits per heavy atom. The molecule has 2 aliphatic heterocycles. The average Bonchev–Trinajstić information content (AvgIpc) is 2.77. The van der Waals surface area contributed by atoms with Crippen molar-refractivity contribution in [3.8, 4) is 0 Å². The monoisotopic (exact) mass is 287 g/mol. The van der Waals surface area contributed by atoms with E-state index in [1.165, 1.54) is 11.1 Å². The second-order valence-corrected chi connectivity index (χ2v) is 6.06. The molecule has 1 unspecified atom stereocenters. The Balaban J connectivity index is 1.63. The Kier molecular flexibility index (Phi) is 4.56. The molecule has 0 bridgehead atoms. The molecule has 1 fully saturated rings. The van der Waals surface area contributed by atoms with Crippen molar-refractivity contribution in [2.24, 2.45) is 0 Å². The largest absolute Gasteiger partial charge is 0.339 e. The van der Waals surface area contributed by atoms with Crippen molar-refractivity contribution in [2.75, 3.05) is 39.3 Å². The lowest BCUT2D eigenvalue weighted by Gasteiger charge is -2.34. The minimum absolute atomic E-state index is 0.00240. The molecule has 2 heterocycles. The molecule has 1 aromatic carbocycles. The number of fused-ring (bicyclic) bond motifs is 1. The van der Waals surface area contributed by atoms with Crippen molar-refractivity contribution in [1.82, 2.24) is 15.1 Å². The molecule has 3 rings (SSSR count). The standard InChI is InChI=1S/C17H25N3O/c1-14(17(21)20-12-8-18-9-13-20)19-10-6-15-4-2-3-5-16(15)7-11-19/h2-5,14,18H,6-13H2,1H3. The molecule has 0 saturated carbocycles. The summed E-state index contributed by atoms with van der Waals surface area (Å²) in [7, 11) is 0. The summed E-state index contributed by atoms with van der Waals surface area (Å²) >= 11 is 0. The third-order valence-corrected chi connectivity index (χ3v) is 4.79. The van der Waals surface area contributed by atoms with E-state index < -0.39 is 0 Å². The summed E-state index contributed by atoms with van der Waals surface area (Å²) in [5.74, 6) is 0.294. The van der Waals surface area contributed by atoms with Crippen LogP contribution in [0, 0.1) is 0 Å². The highest BCUT2D eigenvalue weighted by molar-refractivity contribution is 5.81. The number of carbonyl (C=O) groups excluding carboxylic acids is 1. The van der Waals surface area contributed by atoms with Gasteiger partial charge in [-0.3, -0.25) is 9.69 Å². The van der Waals surface area contributed by atoms with Gasteiger partial charge in [-0.2, -0.15) is 0 Å². The van der Waals surface area contributed by atoms with Crippen LogP contribution in [0.15, 0.2) is 24.3 Å². The normalized spacial score (nSPS) is 21.5. The zero-order chi connectivity index (χ0) is 14.7. The van der Waals surface area contributed by atoms with Gasteiger partial charge in [-0.1, -0.05) is 24.3 Å². The van der Waals surface area contributed by atoms with Crippen LogP contribution in [-0.4, -0.2) is 61.0 Å². The second kappa shape index (κ2) is 6.58. The lowest BCUT2D eigenvalue weighted by molar-refractivity contribution is -0.137. The lowest BCUT2D eigenvalue weighted by atomic mass is 10.0. The maximum absolute atomic E-state index is 12.6. The van der Waals surface area contributed by atoms with Crippen molar-refractivity contribution in [3.63, 3.8) is 0 Å². The third-order valence-electron chi connectivity index (χ3n) is 4.79. The first-order chi connectivity index (χ1) is 10.3. The molecule has 21 heavy (non-hydrogen) atoms. The van der Waals surface area contributed by atoms with Crippen LogP contribution in [0.5, 0.6) is 0 Å². The summed E-state index contributed by atoms with van der Waals surface area (Å²) in [5.41, 5.74) is 2.89. The van der Waals surface area contributed by atoms with Gasteiger partial charge in [0.2, 0.25) is 5.91 Å². The highest BCUT2D eigenvalue weighted by Crippen LogP contribution is 2.17. The van der Waals surface area contributed by atoms with Gasteiger partial charge >= 0.3 is 0 Å². The smallest absolute Gasteiger partial charge is 0.239 e. The van der Waals surface area contributed by atoms with Crippen molar-refractivity contribution in [1.29, 1.82) is 0 Å². The van der Waals surface area contributed by atoms with E-state index in [1.54, 1.807) is 0 Å². The zero-order valence-electron chi connectivity index (χ0n) is 12.8. The minimum Gasteiger partial charge on any atom is -0.339 e. The summed E-state index contributed by atoms with van der Waals surface area (Å²) < 4.78 is 0. The molecule has 0 aliphatic carbocycles. The predicted molar refractivity (Wildman–Crippen MR) is 84.3 cm³/mol. The number of benzene rings is 1. The minimum atomic E-state index is -0.00240. The Morgan fingerprint density at radius 3 is 2.19 bits per heavy atom. The van der Waals surface area contributed by atoms with E-state index in [-0.39, 0.29) is 6.04 Å². The van der Waals surface area contributed by atoms with Crippen LogP contribution >= 0.6 is 0 Å². The first-order valence-corrected chi connectivity index (χ1v) is 8.06. The average molecular weight is 287 g/mol. The number of amides is 1. The van der Waals surface area contributed by atoms with Crippen molar-refractivity contribution in [3.05, 3.63) is 35.4 Å². The molecule has 1 amide bonds. The number of rotatable bonds is 2. The second-order valence-electron chi connectivity index (χ2n) is 6.06.